The number of hydrogen-bond acceptors (Lipinski definition) is 2. The predicted molar refractivity (Wildman–Crippen MR) is 43.8 cm³/mol. The SMILES string of the molecule is CC.CC/C(C)=N\NC. The molecule has 9 heavy (non-hydrogen) atoms. The third kappa shape index (κ3) is 11.2. The molecule has 0 heterocycles. The lowest BCUT2D eigenvalue weighted by Gasteiger charge is -1.90. The minimum absolute atomic E-state index is 1.03. The second kappa shape index (κ2) is 10.5. The first-order valence-electron chi connectivity index (χ1n) is 3.51. The molecular weight excluding hydrogens is 112 g/mol. The largest absolute Gasteiger partial charge is 0.313 e. The van der Waals surface area contributed by atoms with Gasteiger partial charge >= 0.3 is 0 Å². The zero-order chi connectivity index (χ0) is 7.70. The zero-order valence-electron chi connectivity index (χ0n) is 7.15. The average molecular weight is 130 g/mol. The van der Waals surface area contributed by atoms with Gasteiger partial charge < -0.3 is 5.43 Å². The van der Waals surface area contributed by atoms with E-state index in [4.69, 9.17) is 0 Å². The standard InChI is InChI=1S/C5H12N2.C2H6/c1-4-5(2)7-6-3;1-2/h6H,4H2,1-3H3;1-2H3/b7-5-;. The first kappa shape index (κ1) is 11.3. The molecule has 0 rings (SSSR count). The van der Waals surface area contributed by atoms with Crippen molar-refractivity contribution in [1.29, 1.82) is 0 Å². The molecule has 0 atom stereocenters. The summed E-state index contributed by atoms with van der Waals surface area (Å²) in [4.78, 5) is 0. The molecule has 0 fully saturated rings. The first-order valence-corrected chi connectivity index (χ1v) is 3.51. The fourth-order valence-electron chi connectivity index (χ4n) is 0.270. The van der Waals surface area contributed by atoms with Crippen molar-refractivity contribution in [2.24, 2.45) is 5.10 Å². The van der Waals surface area contributed by atoms with Crippen molar-refractivity contribution < 1.29 is 0 Å². The molecule has 0 aliphatic heterocycles. The Morgan fingerprint density at radius 2 is 1.89 bits per heavy atom. The van der Waals surface area contributed by atoms with Crippen LogP contribution in [-0.4, -0.2) is 12.8 Å². The summed E-state index contributed by atoms with van der Waals surface area (Å²) in [5.74, 6) is 0. The van der Waals surface area contributed by atoms with Crippen molar-refractivity contribution in [2.75, 3.05) is 7.05 Å². The van der Waals surface area contributed by atoms with Gasteiger partial charge in [-0.1, -0.05) is 20.8 Å². The van der Waals surface area contributed by atoms with Gasteiger partial charge in [0.15, 0.2) is 0 Å². The van der Waals surface area contributed by atoms with Crippen molar-refractivity contribution in [3.63, 3.8) is 0 Å². The summed E-state index contributed by atoms with van der Waals surface area (Å²) >= 11 is 0. The van der Waals surface area contributed by atoms with Gasteiger partial charge in [-0.3, -0.25) is 0 Å². The van der Waals surface area contributed by atoms with E-state index in [-0.39, 0.29) is 0 Å². The van der Waals surface area contributed by atoms with Gasteiger partial charge in [-0.15, -0.1) is 0 Å². The molecule has 0 radical (unpaired) electrons. The van der Waals surface area contributed by atoms with Gasteiger partial charge in [0.2, 0.25) is 0 Å². The Labute approximate surface area is 58.4 Å². The van der Waals surface area contributed by atoms with Crippen LogP contribution in [-0.2, 0) is 0 Å². The van der Waals surface area contributed by atoms with Crippen molar-refractivity contribution in [1.82, 2.24) is 5.43 Å². The third-order valence-electron chi connectivity index (χ3n) is 0.814. The van der Waals surface area contributed by atoms with Crippen molar-refractivity contribution in [2.45, 2.75) is 34.1 Å². The summed E-state index contributed by atoms with van der Waals surface area (Å²) in [6, 6.07) is 0. The van der Waals surface area contributed by atoms with E-state index in [2.05, 4.69) is 17.5 Å². The van der Waals surface area contributed by atoms with Crippen LogP contribution < -0.4 is 5.43 Å². The Morgan fingerprint density at radius 3 is 2.00 bits per heavy atom. The summed E-state index contributed by atoms with van der Waals surface area (Å²) in [7, 11) is 1.80. The van der Waals surface area contributed by atoms with E-state index < -0.39 is 0 Å². The van der Waals surface area contributed by atoms with Crippen LogP contribution in [0.1, 0.15) is 34.1 Å². The summed E-state index contributed by atoms with van der Waals surface area (Å²) in [6.45, 7) is 8.08. The Hall–Kier alpha value is -0.530. The van der Waals surface area contributed by atoms with Crippen LogP contribution in [0, 0.1) is 0 Å². The fourth-order valence-corrected chi connectivity index (χ4v) is 0.270. The highest BCUT2D eigenvalue weighted by Gasteiger charge is 1.78. The minimum Gasteiger partial charge on any atom is -0.313 e. The highest BCUT2D eigenvalue weighted by Crippen LogP contribution is 1.78. The molecule has 0 unspecified atom stereocenters. The van der Waals surface area contributed by atoms with Crippen LogP contribution >= 0.6 is 0 Å². The second-order valence-electron chi connectivity index (χ2n) is 1.42. The van der Waals surface area contributed by atoms with E-state index in [9.17, 15) is 0 Å². The number of rotatable bonds is 2. The summed E-state index contributed by atoms with van der Waals surface area (Å²) in [5, 5.41) is 3.91. The highest BCUT2D eigenvalue weighted by atomic mass is 15.3. The molecule has 0 aromatic rings. The Morgan fingerprint density at radius 1 is 1.44 bits per heavy atom. The van der Waals surface area contributed by atoms with E-state index in [1.165, 1.54) is 0 Å². The molecule has 0 saturated heterocycles. The smallest absolute Gasteiger partial charge is 0.0344 e. The number of hydrazone groups is 1. The van der Waals surface area contributed by atoms with Gasteiger partial charge in [0.05, 0.1) is 0 Å². The van der Waals surface area contributed by atoms with E-state index in [1.54, 1.807) is 7.05 Å². The second-order valence-corrected chi connectivity index (χ2v) is 1.42. The topological polar surface area (TPSA) is 24.4 Å². The van der Waals surface area contributed by atoms with Gasteiger partial charge in [0, 0.05) is 12.8 Å². The van der Waals surface area contributed by atoms with Crippen LogP contribution in [0.2, 0.25) is 0 Å². The molecule has 0 aromatic heterocycles. The summed E-state index contributed by atoms with van der Waals surface area (Å²) in [6.07, 6.45) is 1.03. The predicted octanol–water partition coefficient (Wildman–Crippen LogP) is 2.02. The number of nitrogens with zero attached hydrogens (tertiary/aromatic N) is 1. The monoisotopic (exact) mass is 130 g/mol. The van der Waals surface area contributed by atoms with Crippen LogP contribution in [0.15, 0.2) is 5.10 Å². The zero-order valence-corrected chi connectivity index (χ0v) is 7.15. The maximum absolute atomic E-state index is 3.91. The minimum atomic E-state index is 1.03. The van der Waals surface area contributed by atoms with Crippen molar-refractivity contribution >= 4 is 5.71 Å². The van der Waals surface area contributed by atoms with Crippen LogP contribution in [0.4, 0.5) is 0 Å². The molecule has 0 aliphatic carbocycles. The van der Waals surface area contributed by atoms with Crippen molar-refractivity contribution in [3.05, 3.63) is 0 Å². The van der Waals surface area contributed by atoms with Crippen LogP contribution in [0.3, 0.4) is 0 Å². The normalized spacial score (nSPS) is 9.67. The number of nitrogens with one attached hydrogen (secondary N) is 1. The molecular formula is C7H18N2. The molecule has 0 aromatic carbocycles. The van der Waals surface area contributed by atoms with Crippen LogP contribution in [0.25, 0.3) is 0 Å². The van der Waals surface area contributed by atoms with E-state index >= 15 is 0 Å². The van der Waals surface area contributed by atoms with Gasteiger partial charge in [0.25, 0.3) is 0 Å². The van der Waals surface area contributed by atoms with Crippen molar-refractivity contribution in [3.8, 4) is 0 Å². The maximum atomic E-state index is 3.91. The molecule has 2 heteroatoms. The van der Waals surface area contributed by atoms with Gasteiger partial charge in [-0.05, 0) is 13.3 Å². The maximum Gasteiger partial charge on any atom is 0.0344 e. The van der Waals surface area contributed by atoms with Gasteiger partial charge in [-0.2, -0.15) is 5.10 Å². The quantitative estimate of drug-likeness (QED) is 0.449. The molecule has 0 spiro atoms. The Balaban J connectivity index is 0. The molecule has 0 saturated carbocycles. The number of hydrogen-bond donors (Lipinski definition) is 1. The first-order chi connectivity index (χ1) is 4.31. The van der Waals surface area contributed by atoms with Crippen LogP contribution in [0.5, 0.6) is 0 Å². The van der Waals surface area contributed by atoms with E-state index in [0.717, 1.165) is 12.1 Å². The van der Waals surface area contributed by atoms with Gasteiger partial charge in [0.1, 0.15) is 0 Å². The molecule has 2 nitrogen and oxygen atoms in total. The lowest BCUT2D eigenvalue weighted by molar-refractivity contribution is 0.890. The summed E-state index contributed by atoms with van der Waals surface area (Å²) < 4.78 is 0. The molecule has 56 valence electrons. The Kier molecular flexibility index (Phi) is 13.1. The average Bonchev–Trinajstić information content (AvgIpc) is 1.93. The fraction of sp³-hybridized carbons (Fsp3) is 0.857. The molecule has 0 amide bonds. The summed E-state index contributed by atoms with van der Waals surface area (Å²) in [5.41, 5.74) is 3.85. The molecule has 0 bridgehead atoms. The highest BCUT2D eigenvalue weighted by molar-refractivity contribution is 5.81. The molecule has 1 N–H and O–H groups in total. The molecule has 0 aliphatic rings. The Bertz CT molecular complexity index is 67.3. The lowest BCUT2D eigenvalue weighted by Crippen LogP contribution is -1.99. The van der Waals surface area contributed by atoms with E-state index in [1.807, 2.05) is 20.8 Å². The third-order valence-corrected chi connectivity index (χ3v) is 0.814. The lowest BCUT2D eigenvalue weighted by atomic mass is 10.3. The van der Waals surface area contributed by atoms with Gasteiger partial charge in [-0.25, -0.2) is 0 Å². The van der Waals surface area contributed by atoms with E-state index in [0.29, 0.717) is 0 Å².